The molecule has 3 heterocycles. The second-order valence-corrected chi connectivity index (χ2v) is 7.91. The van der Waals surface area contributed by atoms with Gasteiger partial charge in [-0.25, -0.2) is 0 Å². The summed E-state index contributed by atoms with van der Waals surface area (Å²) in [5.74, 6) is -2.19. The molecule has 32 heavy (non-hydrogen) atoms. The van der Waals surface area contributed by atoms with Crippen molar-refractivity contribution in [2.24, 2.45) is 11.0 Å². The molecule has 0 saturated heterocycles. The van der Waals surface area contributed by atoms with Crippen LogP contribution in [0.15, 0.2) is 47.3 Å². The van der Waals surface area contributed by atoms with E-state index in [2.05, 4.69) is 25.9 Å². The number of fused-ring (bicyclic) bond motifs is 1. The van der Waals surface area contributed by atoms with Crippen molar-refractivity contribution >= 4 is 23.2 Å². The van der Waals surface area contributed by atoms with Gasteiger partial charge < -0.3 is 15.2 Å². The monoisotopic (exact) mass is 445 g/mol. The summed E-state index contributed by atoms with van der Waals surface area (Å²) < 4.78 is 42.0. The number of nitrogens with one attached hydrogen (secondary N) is 2. The lowest BCUT2D eigenvalue weighted by Gasteiger charge is -2.29. The molecule has 2 amide bonds. The fourth-order valence-electron chi connectivity index (χ4n) is 3.93. The van der Waals surface area contributed by atoms with Crippen LogP contribution >= 0.6 is 0 Å². The molecule has 5 rings (SSSR count). The minimum absolute atomic E-state index is 0.358. The van der Waals surface area contributed by atoms with Crippen molar-refractivity contribution in [3.05, 3.63) is 42.2 Å². The first kappa shape index (κ1) is 20.2. The fraction of sp³-hybridized carbons (Fsp3) is 0.350. The van der Waals surface area contributed by atoms with Gasteiger partial charge in [0.15, 0.2) is 11.5 Å². The number of hydrogen-bond donors (Lipinski definition) is 2. The SMILES string of the molecule is CN1N=C(C(F)(F)F)C2C=C(C(=O)Nc3cccc(-c4nncn4C4CC4)c3)C(=O)NC21. The van der Waals surface area contributed by atoms with E-state index >= 15 is 0 Å². The first-order valence-electron chi connectivity index (χ1n) is 9.95. The van der Waals surface area contributed by atoms with Crippen LogP contribution in [0.3, 0.4) is 0 Å². The highest BCUT2D eigenvalue weighted by atomic mass is 19.4. The lowest BCUT2D eigenvalue weighted by atomic mass is 9.93. The molecule has 1 aliphatic carbocycles. The molecule has 1 fully saturated rings. The Balaban J connectivity index is 1.39. The van der Waals surface area contributed by atoms with E-state index in [-0.39, 0.29) is 0 Å². The average molecular weight is 445 g/mol. The molecule has 1 saturated carbocycles. The molecule has 0 spiro atoms. The van der Waals surface area contributed by atoms with E-state index < -0.39 is 41.4 Å². The van der Waals surface area contributed by atoms with Crippen LogP contribution in [-0.2, 0) is 9.59 Å². The van der Waals surface area contributed by atoms with E-state index in [1.807, 2.05) is 10.6 Å². The Labute approximate surface area is 180 Å². The zero-order valence-corrected chi connectivity index (χ0v) is 16.8. The second-order valence-electron chi connectivity index (χ2n) is 7.91. The molecule has 0 radical (unpaired) electrons. The number of anilines is 1. The standard InChI is InChI=1S/C20H18F3N7O2/c1-29-17-13(15(28-29)20(21,22)23)8-14(19(32)26-17)18(31)25-11-4-2-3-10(7-11)16-27-24-9-30(16)12-5-6-12/h2-4,7-9,12-13,17H,5-6H2,1H3,(H,25,31)(H,26,32). The smallest absolute Gasteiger partial charge is 0.329 e. The fourth-order valence-corrected chi connectivity index (χ4v) is 3.93. The Kier molecular flexibility index (Phi) is 4.53. The summed E-state index contributed by atoms with van der Waals surface area (Å²) >= 11 is 0. The maximum absolute atomic E-state index is 13.3. The van der Waals surface area contributed by atoms with Gasteiger partial charge in [0.05, 0.1) is 5.92 Å². The van der Waals surface area contributed by atoms with Gasteiger partial charge in [-0.15, -0.1) is 10.2 Å². The van der Waals surface area contributed by atoms with Crippen LogP contribution in [-0.4, -0.2) is 56.7 Å². The Morgan fingerprint density at radius 3 is 2.78 bits per heavy atom. The summed E-state index contributed by atoms with van der Waals surface area (Å²) in [6.07, 6.45) is -0.893. The second kappa shape index (κ2) is 7.18. The van der Waals surface area contributed by atoms with Gasteiger partial charge in [0.1, 0.15) is 18.1 Å². The molecule has 0 bridgehead atoms. The number of rotatable bonds is 4. The molecule has 2 N–H and O–H groups in total. The van der Waals surface area contributed by atoms with Crippen LogP contribution in [0.5, 0.6) is 0 Å². The summed E-state index contributed by atoms with van der Waals surface area (Å²) in [5, 5.41) is 17.7. The van der Waals surface area contributed by atoms with Crippen molar-refractivity contribution in [3.8, 4) is 11.4 Å². The Bertz CT molecular complexity index is 1170. The van der Waals surface area contributed by atoms with E-state index in [9.17, 15) is 22.8 Å². The lowest BCUT2D eigenvalue weighted by Crippen LogP contribution is -2.52. The number of nitrogens with zero attached hydrogens (tertiary/aromatic N) is 5. The first-order valence-corrected chi connectivity index (χ1v) is 9.95. The van der Waals surface area contributed by atoms with Gasteiger partial charge in [-0.2, -0.15) is 18.3 Å². The maximum Gasteiger partial charge on any atom is 0.431 e. The zero-order valence-electron chi connectivity index (χ0n) is 16.8. The number of hydrogen-bond acceptors (Lipinski definition) is 6. The van der Waals surface area contributed by atoms with Crippen molar-refractivity contribution < 1.29 is 22.8 Å². The van der Waals surface area contributed by atoms with Gasteiger partial charge in [0.2, 0.25) is 0 Å². The van der Waals surface area contributed by atoms with Crippen LogP contribution in [0, 0.1) is 5.92 Å². The predicted octanol–water partition coefficient (Wildman–Crippen LogP) is 2.08. The minimum atomic E-state index is -4.68. The van der Waals surface area contributed by atoms with E-state index in [1.165, 1.54) is 7.05 Å². The normalized spacial score (nSPS) is 22.8. The van der Waals surface area contributed by atoms with Crippen molar-refractivity contribution in [1.82, 2.24) is 25.1 Å². The highest BCUT2D eigenvalue weighted by molar-refractivity contribution is 6.24. The van der Waals surface area contributed by atoms with E-state index in [0.717, 1.165) is 29.5 Å². The number of alkyl halides is 3. The van der Waals surface area contributed by atoms with Gasteiger partial charge in [0.25, 0.3) is 11.8 Å². The topological polar surface area (TPSA) is 105 Å². The zero-order chi connectivity index (χ0) is 22.6. The van der Waals surface area contributed by atoms with Crippen LogP contribution < -0.4 is 10.6 Å². The first-order chi connectivity index (χ1) is 15.2. The highest BCUT2D eigenvalue weighted by Gasteiger charge is 2.51. The molecule has 166 valence electrons. The van der Waals surface area contributed by atoms with Crippen molar-refractivity contribution in [3.63, 3.8) is 0 Å². The van der Waals surface area contributed by atoms with Crippen LogP contribution in [0.4, 0.5) is 18.9 Å². The molecule has 3 aliphatic rings. The number of carbonyl (C=O) groups excluding carboxylic acids is 2. The van der Waals surface area contributed by atoms with Gasteiger partial charge in [-0.1, -0.05) is 18.2 Å². The Morgan fingerprint density at radius 2 is 2.06 bits per heavy atom. The molecule has 9 nitrogen and oxygen atoms in total. The van der Waals surface area contributed by atoms with Crippen LogP contribution in [0.2, 0.25) is 0 Å². The van der Waals surface area contributed by atoms with E-state index in [0.29, 0.717) is 17.6 Å². The van der Waals surface area contributed by atoms with Crippen LogP contribution in [0.1, 0.15) is 18.9 Å². The number of aromatic nitrogens is 3. The average Bonchev–Trinajstić information content (AvgIpc) is 3.37. The summed E-state index contributed by atoms with van der Waals surface area (Å²) in [6.45, 7) is 0. The maximum atomic E-state index is 13.3. The van der Waals surface area contributed by atoms with Crippen molar-refractivity contribution in [2.45, 2.75) is 31.2 Å². The molecule has 12 heteroatoms. The molecular weight excluding hydrogens is 427 g/mol. The third-order valence-electron chi connectivity index (χ3n) is 5.62. The molecular formula is C20H18F3N7O2. The molecule has 1 aromatic carbocycles. The van der Waals surface area contributed by atoms with E-state index in [4.69, 9.17) is 0 Å². The number of amides is 2. The molecule has 2 aliphatic heterocycles. The third kappa shape index (κ3) is 3.51. The quantitative estimate of drug-likeness (QED) is 0.702. The van der Waals surface area contributed by atoms with Gasteiger partial charge in [-0.05, 0) is 25.0 Å². The number of carbonyl (C=O) groups is 2. The largest absolute Gasteiger partial charge is 0.431 e. The summed E-state index contributed by atoms with van der Waals surface area (Å²) in [5.41, 5.74) is -0.359. The van der Waals surface area contributed by atoms with Crippen molar-refractivity contribution in [2.75, 3.05) is 12.4 Å². The summed E-state index contributed by atoms with van der Waals surface area (Å²) in [6, 6.07) is 7.18. The highest BCUT2D eigenvalue weighted by Crippen LogP contribution is 2.38. The lowest BCUT2D eigenvalue weighted by molar-refractivity contribution is -0.123. The minimum Gasteiger partial charge on any atom is -0.329 e. The van der Waals surface area contributed by atoms with Crippen molar-refractivity contribution in [1.29, 1.82) is 0 Å². The molecule has 2 aromatic rings. The van der Waals surface area contributed by atoms with E-state index in [1.54, 1.807) is 24.5 Å². The molecule has 2 atom stereocenters. The predicted molar refractivity (Wildman–Crippen MR) is 107 cm³/mol. The third-order valence-corrected chi connectivity index (χ3v) is 5.62. The number of halogens is 3. The summed E-state index contributed by atoms with van der Waals surface area (Å²) in [7, 11) is 1.33. The molecule has 2 unspecified atom stereocenters. The Hall–Kier alpha value is -3.70. The van der Waals surface area contributed by atoms with Gasteiger partial charge >= 0.3 is 6.18 Å². The molecule has 1 aromatic heterocycles. The number of benzene rings is 1. The van der Waals surface area contributed by atoms with Gasteiger partial charge in [0, 0.05) is 24.3 Å². The van der Waals surface area contributed by atoms with Crippen LogP contribution in [0.25, 0.3) is 11.4 Å². The Morgan fingerprint density at radius 1 is 1.28 bits per heavy atom. The number of hydrazone groups is 1. The summed E-state index contributed by atoms with van der Waals surface area (Å²) in [4.78, 5) is 25.2. The van der Waals surface area contributed by atoms with Gasteiger partial charge in [-0.3, -0.25) is 14.6 Å².